The largest absolute Gasteiger partial charge is 0.375 e. The summed E-state index contributed by atoms with van der Waals surface area (Å²) in [6, 6.07) is 14.6. The van der Waals surface area contributed by atoms with Crippen LogP contribution in [0.1, 0.15) is 35.7 Å². The van der Waals surface area contributed by atoms with Crippen LogP contribution in [0.15, 0.2) is 48.5 Å². The topological polar surface area (TPSA) is 23.6 Å². The van der Waals surface area contributed by atoms with Crippen molar-refractivity contribution in [2.45, 2.75) is 32.4 Å². The maximum atomic E-state index is 13.9. The van der Waals surface area contributed by atoms with Crippen LogP contribution in [0.5, 0.6) is 0 Å². The Labute approximate surface area is 142 Å². The number of nitrogens with zero attached hydrogens (tertiary/aromatic N) is 2. The zero-order valence-corrected chi connectivity index (χ0v) is 14.2. The van der Waals surface area contributed by atoms with E-state index in [1.807, 2.05) is 37.4 Å². The molecule has 1 aliphatic carbocycles. The van der Waals surface area contributed by atoms with Gasteiger partial charge in [0.1, 0.15) is 5.82 Å². The third-order valence-electron chi connectivity index (χ3n) is 4.58. The van der Waals surface area contributed by atoms with Crippen molar-refractivity contribution in [1.29, 1.82) is 0 Å². The van der Waals surface area contributed by atoms with Crippen molar-refractivity contribution >= 4 is 11.6 Å². The molecule has 0 N–H and O–H groups in total. The maximum Gasteiger partial charge on any atom is 0.254 e. The van der Waals surface area contributed by atoms with Crippen LogP contribution in [0.25, 0.3) is 0 Å². The van der Waals surface area contributed by atoms with Crippen LogP contribution in [0, 0.1) is 5.82 Å². The summed E-state index contributed by atoms with van der Waals surface area (Å²) in [6.45, 7) is 3.32. The van der Waals surface area contributed by atoms with Gasteiger partial charge < -0.3 is 9.80 Å². The molecule has 0 atom stereocenters. The Morgan fingerprint density at radius 1 is 1.12 bits per heavy atom. The second-order valence-electron chi connectivity index (χ2n) is 6.32. The van der Waals surface area contributed by atoms with E-state index in [0.717, 1.165) is 25.1 Å². The zero-order valence-electron chi connectivity index (χ0n) is 14.2. The van der Waals surface area contributed by atoms with E-state index >= 15 is 0 Å². The predicted molar refractivity (Wildman–Crippen MR) is 94.7 cm³/mol. The first-order valence-corrected chi connectivity index (χ1v) is 8.45. The van der Waals surface area contributed by atoms with Gasteiger partial charge in [-0.3, -0.25) is 4.79 Å². The van der Waals surface area contributed by atoms with E-state index in [1.54, 1.807) is 17.0 Å². The third kappa shape index (κ3) is 3.58. The van der Waals surface area contributed by atoms with Gasteiger partial charge in [-0.1, -0.05) is 18.2 Å². The lowest BCUT2D eigenvalue weighted by atomic mass is 10.1. The van der Waals surface area contributed by atoms with E-state index in [1.165, 1.54) is 6.07 Å². The van der Waals surface area contributed by atoms with Crippen molar-refractivity contribution in [3.8, 4) is 0 Å². The molecule has 4 heteroatoms. The highest BCUT2D eigenvalue weighted by atomic mass is 19.1. The average Bonchev–Trinajstić information content (AvgIpc) is 3.45. The van der Waals surface area contributed by atoms with Gasteiger partial charge in [0.25, 0.3) is 5.91 Å². The first-order chi connectivity index (χ1) is 11.6. The minimum atomic E-state index is -0.254. The molecule has 0 saturated heterocycles. The highest BCUT2D eigenvalue weighted by Crippen LogP contribution is 2.30. The van der Waals surface area contributed by atoms with Crippen LogP contribution >= 0.6 is 0 Å². The Kier molecular flexibility index (Phi) is 4.84. The summed E-state index contributed by atoms with van der Waals surface area (Å²) in [5.41, 5.74) is 2.31. The fraction of sp³-hybridized carbons (Fsp3) is 0.350. The lowest BCUT2D eigenvalue weighted by Gasteiger charge is -2.23. The minimum absolute atomic E-state index is 0.0218. The third-order valence-corrected chi connectivity index (χ3v) is 4.58. The van der Waals surface area contributed by atoms with E-state index in [9.17, 15) is 9.18 Å². The molecule has 0 heterocycles. The van der Waals surface area contributed by atoms with Gasteiger partial charge >= 0.3 is 0 Å². The summed E-state index contributed by atoms with van der Waals surface area (Å²) < 4.78 is 13.9. The average molecular weight is 326 g/mol. The van der Waals surface area contributed by atoms with Crippen molar-refractivity contribution in [1.82, 2.24) is 4.90 Å². The summed E-state index contributed by atoms with van der Waals surface area (Å²) in [7, 11) is 2.02. The van der Waals surface area contributed by atoms with E-state index in [2.05, 4.69) is 11.8 Å². The number of hydrogen-bond donors (Lipinski definition) is 0. The van der Waals surface area contributed by atoms with E-state index in [-0.39, 0.29) is 17.8 Å². The number of hydrogen-bond acceptors (Lipinski definition) is 2. The predicted octanol–water partition coefficient (Wildman–Crippen LogP) is 4.09. The second kappa shape index (κ2) is 7.04. The smallest absolute Gasteiger partial charge is 0.254 e. The molecule has 126 valence electrons. The normalized spacial score (nSPS) is 13.6. The highest BCUT2D eigenvalue weighted by molar-refractivity contribution is 5.95. The zero-order chi connectivity index (χ0) is 17.1. The highest BCUT2D eigenvalue weighted by Gasteiger charge is 2.33. The second-order valence-corrected chi connectivity index (χ2v) is 6.32. The van der Waals surface area contributed by atoms with Crippen molar-refractivity contribution in [3.63, 3.8) is 0 Å². The lowest BCUT2D eigenvalue weighted by molar-refractivity contribution is 0.0728. The van der Waals surface area contributed by atoms with Gasteiger partial charge in [-0.2, -0.15) is 0 Å². The van der Waals surface area contributed by atoms with Crippen molar-refractivity contribution < 1.29 is 9.18 Å². The van der Waals surface area contributed by atoms with Crippen LogP contribution in [-0.2, 0) is 6.54 Å². The number of amides is 1. The standard InChI is InChI=1S/C20H23FN2O/c1-3-22(2)17-10-8-15(9-11-17)20(24)23(18-12-13-18)14-16-6-4-5-7-19(16)21/h4-11,18H,3,12-14H2,1-2H3. The molecule has 0 spiro atoms. The summed E-state index contributed by atoms with van der Waals surface area (Å²) in [5, 5.41) is 0. The molecule has 0 bridgehead atoms. The fourth-order valence-corrected chi connectivity index (χ4v) is 2.77. The molecule has 2 aromatic carbocycles. The summed E-state index contributed by atoms with van der Waals surface area (Å²) in [6.07, 6.45) is 1.99. The molecule has 3 rings (SSSR count). The van der Waals surface area contributed by atoms with E-state index in [0.29, 0.717) is 17.7 Å². The molecule has 3 nitrogen and oxygen atoms in total. The number of anilines is 1. The van der Waals surface area contributed by atoms with Crippen molar-refractivity contribution in [3.05, 3.63) is 65.5 Å². The monoisotopic (exact) mass is 326 g/mol. The van der Waals surface area contributed by atoms with Crippen LogP contribution in [0.2, 0.25) is 0 Å². The lowest BCUT2D eigenvalue weighted by Crippen LogP contribution is -2.33. The van der Waals surface area contributed by atoms with E-state index < -0.39 is 0 Å². The Morgan fingerprint density at radius 3 is 2.38 bits per heavy atom. The number of carbonyl (C=O) groups excluding carboxylic acids is 1. The first kappa shape index (κ1) is 16.5. The van der Waals surface area contributed by atoms with Crippen molar-refractivity contribution in [2.75, 3.05) is 18.5 Å². The molecule has 2 aromatic rings. The Bertz CT molecular complexity index is 710. The van der Waals surface area contributed by atoms with Crippen LogP contribution in [0.3, 0.4) is 0 Å². The molecule has 0 radical (unpaired) electrons. The summed E-state index contributed by atoms with van der Waals surface area (Å²) >= 11 is 0. The maximum absolute atomic E-state index is 13.9. The molecule has 0 aromatic heterocycles. The molecule has 0 aliphatic heterocycles. The number of benzene rings is 2. The molecule has 1 aliphatic rings. The SMILES string of the molecule is CCN(C)c1ccc(C(=O)N(Cc2ccccc2F)C2CC2)cc1. The molecule has 1 saturated carbocycles. The van der Waals surface area contributed by atoms with Gasteiger partial charge in [-0.05, 0) is 50.1 Å². The quantitative estimate of drug-likeness (QED) is 0.798. The van der Waals surface area contributed by atoms with Gasteiger partial charge in [0.05, 0.1) is 0 Å². The first-order valence-electron chi connectivity index (χ1n) is 8.45. The minimum Gasteiger partial charge on any atom is -0.375 e. The van der Waals surface area contributed by atoms with Gasteiger partial charge in [0.2, 0.25) is 0 Å². The molecule has 0 unspecified atom stereocenters. The summed E-state index contributed by atoms with van der Waals surface area (Å²) in [5.74, 6) is -0.276. The van der Waals surface area contributed by atoms with Gasteiger partial charge in [0.15, 0.2) is 0 Å². The molecular weight excluding hydrogens is 303 g/mol. The van der Waals surface area contributed by atoms with Crippen LogP contribution < -0.4 is 4.90 Å². The number of carbonyl (C=O) groups is 1. The van der Waals surface area contributed by atoms with E-state index in [4.69, 9.17) is 0 Å². The van der Waals surface area contributed by atoms with Gasteiger partial charge in [0, 0.05) is 43.0 Å². The molecule has 1 amide bonds. The Balaban J connectivity index is 1.79. The Morgan fingerprint density at radius 2 is 1.79 bits per heavy atom. The fourth-order valence-electron chi connectivity index (χ4n) is 2.77. The molecule has 24 heavy (non-hydrogen) atoms. The van der Waals surface area contributed by atoms with Crippen LogP contribution in [0.4, 0.5) is 10.1 Å². The summed E-state index contributed by atoms with van der Waals surface area (Å²) in [4.78, 5) is 16.8. The molecule has 1 fully saturated rings. The van der Waals surface area contributed by atoms with Crippen molar-refractivity contribution in [2.24, 2.45) is 0 Å². The van der Waals surface area contributed by atoms with Crippen LogP contribution in [-0.4, -0.2) is 30.4 Å². The van der Waals surface area contributed by atoms with Gasteiger partial charge in [-0.25, -0.2) is 4.39 Å². The van der Waals surface area contributed by atoms with Gasteiger partial charge in [-0.15, -0.1) is 0 Å². The number of rotatable bonds is 6. The number of halogens is 1. The molecular formula is C20H23FN2O. The Hall–Kier alpha value is -2.36.